The largest absolute Gasteiger partial charge is 0.383 e. The van der Waals surface area contributed by atoms with E-state index in [1.807, 2.05) is 0 Å². The summed E-state index contributed by atoms with van der Waals surface area (Å²) in [6.07, 6.45) is 3.02. The zero-order chi connectivity index (χ0) is 13.2. The normalized spacial score (nSPS) is 11.2. The van der Waals surface area contributed by atoms with Crippen LogP contribution in [0, 0.1) is 6.92 Å². The Morgan fingerprint density at radius 2 is 1.83 bits per heavy atom. The van der Waals surface area contributed by atoms with Crippen molar-refractivity contribution in [2.75, 3.05) is 10.5 Å². The van der Waals surface area contributed by atoms with Crippen molar-refractivity contribution in [2.45, 2.75) is 11.8 Å². The zero-order valence-corrected chi connectivity index (χ0v) is 10.5. The molecule has 3 N–H and O–H groups in total. The molecule has 2 aromatic heterocycles. The van der Waals surface area contributed by atoms with Crippen molar-refractivity contribution < 1.29 is 8.42 Å². The van der Waals surface area contributed by atoms with E-state index in [2.05, 4.69) is 14.7 Å². The third-order valence-corrected chi connectivity index (χ3v) is 3.75. The van der Waals surface area contributed by atoms with Crippen LogP contribution in [-0.2, 0) is 10.0 Å². The number of sulfonamides is 1. The van der Waals surface area contributed by atoms with Crippen LogP contribution < -0.4 is 10.5 Å². The minimum absolute atomic E-state index is 0.0356. The summed E-state index contributed by atoms with van der Waals surface area (Å²) in [6, 6.07) is 6.20. The number of aromatic nitrogens is 2. The van der Waals surface area contributed by atoms with E-state index in [4.69, 9.17) is 5.73 Å². The predicted octanol–water partition coefficient (Wildman–Crippen LogP) is 1.17. The van der Waals surface area contributed by atoms with Gasteiger partial charge in [0.25, 0.3) is 10.0 Å². The Bertz CT molecular complexity index is 670. The van der Waals surface area contributed by atoms with Gasteiger partial charge in [0.2, 0.25) is 0 Å². The van der Waals surface area contributed by atoms with Crippen LogP contribution in [0.2, 0.25) is 0 Å². The highest BCUT2D eigenvalue weighted by molar-refractivity contribution is 7.92. The maximum Gasteiger partial charge on any atom is 0.265 e. The molecule has 0 amide bonds. The number of aryl methyl sites for hydroxylation is 1. The Morgan fingerprint density at radius 1 is 1.17 bits per heavy atom. The topological polar surface area (TPSA) is 98.0 Å². The third kappa shape index (κ3) is 2.40. The fourth-order valence-corrected chi connectivity index (χ4v) is 2.62. The van der Waals surface area contributed by atoms with E-state index in [1.54, 1.807) is 25.3 Å². The Hall–Kier alpha value is -2.15. The number of nitrogens with two attached hydrogens (primary N) is 1. The van der Waals surface area contributed by atoms with Gasteiger partial charge in [0.15, 0.2) is 0 Å². The number of nitrogens with zero attached hydrogens (tertiary/aromatic N) is 2. The molecule has 0 bridgehead atoms. The minimum Gasteiger partial charge on any atom is -0.383 e. The molecule has 0 aliphatic heterocycles. The van der Waals surface area contributed by atoms with Gasteiger partial charge >= 0.3 is 0 Å². The highest BCUT2D eigenvalue weighted by Gasteiger charge is 2.18. The molecule has 0 radical (unpaired) electrons. The van der Waals surface area contributed by atoms with E-state index < -0.39 is 10.0 Å². The Balaban J connectivity index is 2.40. The first-order valence-electron chi connectivity index (χ1n) is 5.15. The first-order chi connectivity index (χ1) is 8.50. The van der Waals surface area contributed by atoms with Gasteiger partial charge in [-0.25, -0.2) is 13.4 Å². The zero-order valence-electron chi connectivity index (χ0n) is 9.66. The first-order valence-corrected chi connectivity index (χ1v) is 6.64. The summed E-state index contributed by atoms with van der Waals surface area (Å²) in [6.45, 7) is 1.71. The van der Waals surface area contributed by atoms with Crippen LogP contribution in [0.5, 0.6) is 0 Å². The summed E-state index contributed by atoms with van der Waals surface area (Å²) in [5.41, 5.74) is 6.56. The number of hydrogen-bond donors (Lipinski definition) is 2. The summed E-state index contributed by atoms with van der Waals surface area (Å²) in [4.78, 5) is 7.71. The van der Waals surface area contributed by atoms with Crippen molar-refractivity contribution in [1.29, 1.82) is 0 Å². The molecule has 0 atom stereocenters. The fraction of sp³-hybridized carbons (Fsp3) is 0.0909. The molecule has 2 heterocycles. The van der Waals surface area contributed by atoms with E-state index in [0.717, 1.165) is 0 Å². The van der Waals surface area contributed by atoms with Crippen molar-refractivity contribution in [2.24, 2.45) is 0 Å². The van der Waals surface area contributed by atoms with Gasteiger partial charge in [0.1, 0.15) is 10.7 Å². The van der Waals surface area contributed by atoms with Crippen LogP contribution >= 0.6 is 0 Å². The first kappa shape index (κ1) is 12.3. The van der Waals surface area contributed by atoms with Gasteiger partial charge in [-0.2, -0.15) is 0 Å². The second-order valence-corrected chi connectivity index (χ2v) is 5.28. The quantitative estimate of drug-likeness (QED) is 0.867. The van der Waals surface area contributed by atoms with Crippen LogP contribution in [-0.4, -0.2) is 18.4 Å². The van der Waals surface area contributed by atoms with E-state index in [1.165, 1.54) is 18.3 Å². The van der Waals surface area contributed by atoms with E-state index in [-0.39, 0.29) is 10.7 Å². The summed E-state index contributed by atoms with van der Waals surface area (Å²) in [7, 11) is -3.74. The van der Waals surface area contributed by atoms with E-state index in [9.17, 15) is 8.42 Å². The molecule has 2 aromatic rings. The smallest absolute Gasteiger partial charge is 0.265 e. The minimum atomic E-state index is -3.74. The van der Waals surface area contributed by atoms with Gasteiger partial charge in [-0.15, -0.1) is 0 Å². The van der Waals surface area contributed by atoms with Crippen molar-refractivity contribution in [3.63, 3.8) is 0 Å². The second kappa shape index (κ2) is 4.61. The number of nitrogen functional groups attached to an aromatic ring is 1. The van der Waals surface area contributed by atoms with Crippen LogP contribution in [0.3, 0.4) is 0 Å². The average Bonchev–Trinajstić information content (AvgIpc) is 2.32. The van der Waals surface area contributed by atoms with Crippen molar-refractivity contribution in [3.8, 4) is 0 Å². The van der Waals surface area contributed by atoms with Crippen LogP contribution in [0.25, 0.3) is 0 Å². The lowest BCUT2D eigenvalue weighted by atomic mass is 10.3. The molecule has 0 saturated carbocycles. The number of nitrogens with one attached hydrogen (secondary N) is 1. The average molecular weight is 264 g/mol. The number of anilines is 2. The molecule has 6 nitrogen and oxygen atoms in total. The summed E-state index contributed by atoms with van der Waals surface area (Å²) < 4.78 is 26.7. The van der Waals surface area contributed by atoms with Gasteiger partial charge in [-0.3, -0.25) is 9.71 Å². The maximum absolute atomic E-state index is 12.1. The molecular formula is C11H12N4O2S. The standard InChI is InChI=1S/C11H12N4O2S/c1-8-9(4-2-6-13-8)15-18(16,17)10-5-3-7-14-11(10)12/h2-7,15H,1H3,(H2,12,14). The molecule has 2 rings (SSSR count). The molecule has 0 aliphatic rings. The van der Waals surface area contributed by atoms with Gasteiger partial charge in [-0.1, -0.05) is 0 Å². The van der Waals surface area contributed by atoms with Gasteiger partial charge in [0.05, 0.1) is 11.4 Å². The lowest BCUT2D eigenvalue weighted by molar-refractivity contribution is 0.601. The lowest BCUT2D eigenvalue weighted by Crippen LogP contribution is -2.16. The number of rotatable bonds is 3. The van der Waals surface area contributed by atoms with Crippen molar-refractivity contribution in [3.05, 3.63) is 42.4 Å². The molecule has 0 fully saturated rings. The summed E-state index contributed by atoms with van der Waals surface area (Å²) >= 11 is 0. The van der Waals surface area contributed by atoms with Gasteiger partial charge < -0.3 is 5.73 Å². The SMILES string of the molecule is Cc1ncccc1NS(=O)(=O)c1cccnc1N. The Kier molecular flexibility index (Phi) is 3.15. The molecule has 0 unspecified atom stereocenters. The van der Waals surface area contributed by atoms with E-state index >= 15 is 0 Å². The Labute approximate surface area is 105 Å². The van der Waals surface area contributed by atoms with Crippen molar-refractivity contribution >= 4 is 21.5 Å². The molecule has 18 heavy (non-hydrogen) atoms. The van der Waals surface area contributed by atoms with Crippen LogP contribution in [0.15, 0.2) is 41.6 Å². The highest BCUT2D eigenvalue weighted by Crippen LogP contribution is 2.20. The number of hydrogen-bond acceptors (Lipinski definition) is 5. The molecule has 94 valence electrons. The van der Waals surface area contributed by atoms with Gasteiger partial charge in [-0.05, 0) is 31.2 Å². The number of pyridine rings is 2. The highest BCUT2D eigenvalue weighted by atomic mass is 32.2. The monoisotopic (exact) mass is 264 g/mol. The molecule has 0 aromatic carbocycles. The van der Waals surface area contributed by atoms with Gasteiger partial charge in [0, 0.05) is 12.4 Å². The van der Waals surface area contributed by atoms with Crippen LogP contribution in [0.1, 0.15) is 5.69 Å². The molecule has 0 saturated heterocycles. The van der Waals surface area contributed by atoms with E-state index in [0.29, 0.717) is 11.4 Å². The summed E-state index contributed by atoms with van der Waals surface area (Å²) in [5, 5.41) is 0. The lowest BCUT2D eigenvalue weighted by Gasteiger charge is -2.10. The second-order valence-electron chi connectivity index (χ2n) is 3.63. The molecular weight excluding hydrogens is 252 g/mol. The fourth-order valence-electron chi connectivity index (χ4n) is 1.42. The van der Waals surface area contributed by atoms with Crippen LogP contribution in [0.4, 0.5) is 11.5 Å². The molecule has 7 heteroatoms. The molecule has 0 aliphatic carbocycles. The van der Waals surface area contributed by atoms with Crippen molar-refractivity contribution in [1.82, 2.24) is 9.97 Å². The molecule has 0 spiro atoms. The predicted molar refractivity (Wildman–Crippen MR) is 68.4 cm³/mol. The Morgan fingerprint density at radius 3 is 2.50 bits per heavy atom. The summed E-state index contributed by atoms with van der Waals surface area (Å²) in [5.74, 6) is -0.0356. The third-order valence-electron chi connectivity index (χ3n) is 2.34. The maximum atomic E-state index is 12.1.